The zero-order chi connectivity index (χ0) is 22.4. The fourth-order valence-electron chi connectivity index (χ4n) is 8.61. The van der Waals surface area contributed by atoms with Gasteiger partial charge in [-0.15, -0.1) is 0 Å². The first-order valence-corrected chi connectivity index (χ1v) is 13.5. The van der Waals surface area contributed by atoms with Crippen LogP contribution >= 0.6 is 0 Å². The highest BCUT2D eigenvalue weighted by molar-refractivity contribution is 5.38. The van der Waals surface area contributed by atoms with Crippen molar-refractivity contribution in [3.05, 3.63) is 35.5 Å². The molecule has 8 atom stereocenters. The van der Waals surface area contributed by atoms with Crippen molar-refractivity contribution in [1.29, 1.82) is 0 Å². The molecule has 0 radical (unpaired) electrons. The van der Waals surface area contributed by atoms with Gasteiger partial charge in [0.25, 0.3) is 0 Å². The minimum absolute atomic E-state index is 0.115. The summed E-state index contributed by atoms with van der Waals surface area (Å²) < 4.78 is 0. The molecule has 0 aromatic heterocycles. The molecule has 0 aromatic rings. The number of rotatable bonds is 7. The Balaban J connectivity index is 1.49. The first-order valence-electron chi connectivity index (χ1n) is 13.5. The maximum absolute atomic E-state index is 10.2. The summed E-state index contributed by atoms with van der Waals surface area (Å²) >= 11 is 0. The van der Waals surface area contributed by atoms with Crippen LogP contribution in [0.2, 0.25) is 0 Å². The van der Waals surface area contributed by atoms with Gasteiger partial charge in [-0.3, -0.25) is 0 Å². The Hall–Kier alpha value is -0.820. The molecule has 0 aliphatic heterocycles. The number of aliphatic hydroxyl groups is 1. The fraction of sp³-hybridized carbons (Fsp3) is 0.800. The third-order valence-corrected chi connectivity index (χ3v) is 10.8. The molecule has 0 bridgehead atoms. The van der Waals surface area contributed by atoms with E-state index in [1.165, 1.54) is 62.5 Å². The minimum atomic E-state index is -0.115. The predicted molar refractivity (Wildman–Crippen MR) is 133 cm³/mol. The van der Waals surface area contributed by atoms with Gasteiger partial charge in [0.1, 0.15) is 0 Å². The normalized spacial score (nSPS) is 41.4. The molecule has 3 fully saturated rings. The molecular formula is C30H48O. The van der Waals surface area contributed by atoms with E-state index in [4.69, 9.17) is 0 Å². The van der Waals surface area contributed by atoms with Crippen molar-refractivity contribution in [2.24, 2.45) is 40.4 Å². The Morgan fingerprint density at radius 2 is 1.84 bits per heavy atom. The summed E-state index contributed by atoms with van der Waals surface area (Å²) in [6.07, 6.45) is 18.6. The topological polar surface area (TPSA) is 20.2 Å². The Labute approximate surface area is 192 Å². The number of allylic oxidation sites excluding steroid dienone is 4. The summed E-state index contributed by atoms with van der Waals surface area (Å²) in [6, 6.07) is 0. The van der Waals surface area contributed by atoms with Crippen LogP contribution in [0.3, 0.4) is 0 Å². The largest absolute Gasteiger partial charge is 0.393 e. The smallest absolute Gasteiger partial charge is 0.0578 e. The Morgan fingerprint density at radius 3 is 2.55 bits per heavy atom. The van der Waals surface area contributed by atoms with E-state index in [9.17, 15) is 5.11 Å². The van der Waals surface area contributed by atoms with E-state index >= 15 is 0 Å². The summed E-state index contributed by atoms with van der Waals surface area (Å²) in [4.78, 5) is 0. The Morgan fingerprint density at radius 1 is 1.06 bits per heavy atom. The third-order valence-electron chi connectivity index (χ3n) is 10.8. The van der Waals surface area contributed by atoms with Crippen molar-refractivity contribution in [3.8, 4) is 0 Å². The molecule has 0 amide bonds. The Bertz CT molecular complexity index is 744. The number of hydrogen-bond acceptors (Lipinski definition) is 1. The van der Waals surface area contributed by atoms with Crippen LogP contribution in [0, 0.1) is 40.4 Å². The summed E-state index contributed by atoms with van der Waals surface area (Å²) in [5.74, 6) is 3.93. The van der Waals surface area contributed by atoms with E-state index in [2.05, 4.69) is 53.3 Å². The number of fused-ring (bicyclic) bond motifs is 5. The molecule has 0 spiro atoms. The Kier molecular flexibility index (Phi) is 6.66. The quantitative estimate of drug-likeness (QED) is 0.408. The van der Waals surface area contributed by atoms with Crippen LogP contribution in [-0.2, 0) is 0 Å². The second-order valence-electron chi connectivity index (χ2n) is 12.2. The monoisotopic (exact) mass is 424 g/mol. The van der Waals surface area contributed by atoms with Crippen LogP contribution in [0.25, 0.3) is 0 Å². The van der Waals surface area contributed by atoms with Gasteiger partial charge >= 0.3 is 0 Å². The van der Waals surface area contributed by atoms with Gasteiger partial charge in [-0.2, -0.15) is 0 Å². The summed E-state index contributed by atoms with van der Waals surface area (Å²) in [5, 5.41) is 10.2. The summed E-state index contributed by atoms with van der Waals surface area (Å²) in [5.41, 5.74) is 5.58. The molecule has 1 heteroatoms. The molecule has 0 aromatic carbocycles. The van der Waals surface area contributed by atoms with E-state index in [1.807, 2.05) is 0 Å². The SMILES string of the molecule is C=C(CC)C(CC)CCC(C)C1CCC2C3=CC=C4CC(O)CCC4(C)C3CCC21C. The average molecular weight is 425 g/mol. The van der Waals surface area contributed by atoms with Gasteiger partial charge in [0.2, 0.25) is 0 Å². The van der Waals surface area contributed by atoms with Gasteiger partial charge in [0, 0.05) is 0 Å². The van der Waals surface area contributed by atoms with Gasteiger partial charge in [-0.25, -0.2) is 0 Å². The first kappa shape index (κ1) is 23.3. The van der Waals surface area contributed by atoms with E-state index < -0.39 is 0 Å². The molecule has 8 unspecified atom stereocenters. The molecule has 0 heterocycles. The van der Waals surface area contributed by atoms with Crippen LogP contribution in [0.5, 0.6) is 0 Å². The lowest BCUT2D eigenvalue weighted by atomic mass is 9.50. The lowest BCUT2D eigenvalue weighted by Gasteiger charge is -2.55. The third kappa shape index (κ3) is 3.92. The van der Waals surface area contributed by atoms with Gasteiger partial charge in [-0.1, -0.05) is 70.1 Å². The molecule has 4 rings (SSSR count). The summed E-state index contributed by atoms with van der Waals surface area (Å²) in [6.45, 7) is 16.7. The lowest BCUT2D eigenvalue weighted by molar-refractivity contribution is 0.0320. The van der Waals surface area contributed by atoms with Gasteiger partial charge < -0.3 is 5.11 Å². The molecule has 3 saturated carbocycles. The molecular weight excluding hydrogens is 376 g/mol. The van der Waals surface area contributed by atoms with E-state index in [0.717, 1.165) is 48.9 Å². The van der Waals surface area contributed by atoms with Crippen molar-refractivity contribution in [2.45, 2.75) is 111 Å². The van der Waals surface area contributed by atoms with Crippen LogP contribution < -0.4 is 0 Å². The molecule has 1 N–H and O–H groups in total. The van der Waals surface area contributed by atoms with Crippen LogP contribution in [0.15, 0.2) is 35.5 Å². The number of aliphatic hydroxyl groups excluding tert-OH is 1. The van der Waals surface area contributed by atoms with Crippen molar-refractivity contribution in [2.75, 3.05) is 0 Å². The average Bonchev–Trinajstić information content (AvgIpc) is 3.11. The fourth-order valence-corrected chi connectivity index (χ4v) is 8.61. The number of hydrogen-bond donors (Lipinski definition) is 1. The van der Waals surface area contributed by atoms with Crippen molar-refractivity contribution in [1.82, 2.24) is 0 Å². The highest BCUT2D eigenvalue weighted by Gasteiger charge is 2.56. The van der Waals surface area contributed by atoms with Crippen LogP contribution in [-0.4, -0.2) is 11.2 Å². The van der Waals surface area contributed by atoms with Crippen LogP contribution in [0.1, 0.15) is 105 Å². The van der Waals surface area contributed by atoms with E-state index in [-0.39, 0.29) is 6.10 Å². The molecule has 31 heavy (non-hydrogen) atoms. The zero-order valence-corrected chi connectivity index (χ0v) is 21.1. The van der Waals surface area contributed by atoms with Gasteiger partial charge in [0.15, 0.2) is 0 Å². The second-order valence-corrected chi connectivity index (χ2v) is 12.2. The molecule has 0 saturated heterocycles. The lowest BCUT2D eigenvalue weighted by Crippen LogP contribution is -2.46. The molecule has 4 aliphatic rings. The molecule has 4 aliphatic carbocycles. The molecule has 1 nitrogen and oxygen atoms in total. The first-order chi connectivity index (χ1) is 14.7. The maximum atomic E-state index is 10.2. The van der Waals surface area contributed by atoms with Crippen molar-refractivity contribution in [3.63, 3.8) is 0 Å². The van der Waals surface area contributed by atoms with Gasteiger partial charge in [0.05, 0.1) is 6.10 Å². The van der Waals surface area contributed by atoms with Crippen molar-refractivity contribution >= 4 is 0 Å². The van der Waals surface area contributed by atoms with Crippen LogP contribution in [0.4, 0.5) is 0 Å². The molecule has 174 valence electrons. The highest BCUT2D eigenvalue weighted by Crippen LogP contribution is 2.66. The van der Waals surface area contributed by atoms with E-state index in [0.29, 0.717) is 10.8 Å². The second kappa shape index (κ2) is 8.85. The predicted octanol–water partition coefficient (Wildman–Crippen LogP) is 8.26. The van der Waals surface area contributed by atoms with Gasteiger partial charge in [-0.05, 0) is 111 Å². The van der Waals surface area contributed by atoms with Crippen molar-refractivity contribution < 1.29 is 5.11 Å². The van der Waals surface area contributed by atoms with E-state index in [1.54, 1.807) is 5.57 Å². The zero-order valence-electron chi connectivity index (χ0n) is 21.1. The standard InChI is InChI=1S/C30H48O/c1-7-20(3)22(8-2)10-9-21(4)26-13-14-27-25-12-11-23-19-24(31)15-17-29(23,5)28(25)16-18-30(26,27)6/h11-12,21-22,24,26-28,31H,3,7-10,13-19H2,1-2,4-6H3. The minimum Gasteiger partial charge on any atom is -0.393 e. The highest BCUT2D eigenvalue weighted by atomic mass is 16.3. The maximum Gasteiger partial charge on any atom is 0.0578 e. The summed E-state index contributed by atoms with van der Waals surface area (Å²) in [7, 11) is 0.